The molecule has 6 nitrogen and oxygen atoms in total. The summed E-state index contributed by atoms with van der Waals surface area (Å²) in [4.78, 5) is 17.1. The Morgan fingerprint density at radius 1 is 1.33 bits per heavy atom. The van der Waals surface area contributed by atoms with Gasteiger partial charge in [-0.15, -0.1) is 6.42 Å². The number of sulfonamides is 1. The molecule has 1 aromatic carbocycles. The van der Waals surface area contributed by atoms with Gasteiger partial charge in [-0.2, -0.15) is 4.99 Å². The van der Waals surface area contributed by atoms with Crippen LogP contribution in [0.2, 0.25) is 0 Å². The Bertz CT molecular complexity index is 1050. The lowest BCUT2D eigenvalue weighted by Gasteiger charge is -2.20. The molecule has 1 aromatic heterocycles. The van der Waals surface area contributed by atoms with E-state index in [-0.39, 0.29) is 17.3 Å². The first-order valence-corrected chi connectivity index (χ1v) is 11.4. The van der Waals surface area contributed by atoms with Gasteiger partial charge in [-0.1, -0.05) is 49.4 Å². The van der Waals surface area contributed by atoms with Crippen LogP contribution in [-0.2, 0) is 21.4 Å². The molecule has 1 aliphatic rings. The van der Waals surface area contributed by atoms with Crippen LogP contribution in [0.15, 0.2) is 28.1 Å². The lowest BCUT2D eigenvalue weighted by Crippen LogP contribution is -2.17. The summed E-state index contributed by atoms with van der Waals surface area (Å²) in [6, 6.07) is 4.58. The minimum absolute atomic E-state index is 0.0271. The van der Waals surface area contributed by atoms with E-state index in [4.69, 9.17) is 11.6 Å². The largest absolute Gasteiger partial charge is 0.305 e. The first-order chi connectivity index (χ1) is 12.9. The highest BCUT2D eigenvalue weighted by atomic mass is 32.2. The van der Waals surface area contributed by atoms with Crippen LogP contribution in [0, 0.1) is 18.3 Å². The van der Waals surface area contributed by atoms with Crippen molar-refractivity contribution in [3.8, 4) is 12.3 Å². The number of fused-ring (bicyclic) bond motifs is 1. The van der Waals surface area contributed by atoms with Crippen molar-refractivity contribution >= 4 is 37.5 Å². The molecule has 0 atom stereocenters. The lowest BCUT2D eigenvalue weighted by atomic mass is 9.86. The van der Waals surface area contributed by atoms with Crippen LogP contribution in [0.1, 0.15) is 44.9 Å². The number of carbonyl (C=O) groups is 1. The molecule has 3 rings (SSSR count). The minimum Gasteiger partial charge on any atom is -0.305 e. The Labute approximate surface area is 163 Å². The summed E-state index contributed by atoms with van der Waals surface area (Å²) >= 11 is 1.24. The summed E-state index contributed by atoms with van der Waals surface area (Å²) in [5.41, 5.74) is 0.740. The van der Waals surface area contributed by atoms with Crippen LogP contribution < -0.4 is 9.94 Å². The Balaban J connectivity index is 1.89. The molecule has 2 aromatic rings. The van der Waals surface area contributed by atoms with Crippen molar-refractivity contribution in [1.82, 2.24) is 4.57 Å². The van der Waals surface area contributed by atoms with Crippen molar-refractivity contribution in [3.05, 3.63) is 23.0 Å². The molecule has 8 heteroatoms. The smallest absolute Gasteiger partial charge is 0.248 e. The molecule has 27 heavy (non-hydrogen) atoms. The molecule has 1 heterocycles. The number of amides is 1. The van der Waals surface area contributed by atoms with E-state index in [0.717, 1.165) is 11.9 Å². The van der Waals surface area contributed by atoms with Crippen molar-refractivity contribution in [2.24, 2.45) is 16.0 Å². The number of terminal acetylenes is 1. The fraction of sp³-hybridized carbons (Fsp3) is 0.474. The summed E-state index contributed by atoms with van der Waals surface area (Å²) in [5.74, 6) is 3.02. The Kier molecular flexibility index (Phi) is 6.15. The standard InChI is InChI=1S/C19H23N3O3S2/c1-2-12-22-16-10-9-15(27(20,24)25)13-17(16)26-19(22)21-18(23)11-8-14-6-4-3-5-7-14/h1,9-10,13-14H,3-8,11-12H2,(H2,20,24,25). The van der Waals surface area contributed by atoms with Gasteiger partial charge < -0.3 is 4.57 Å². The van der Waals surface area contributed by atoms with Gasteiger partial charge in [0.25, 0.3) is 0 Å². The number of nitrogens with zero attached hydrogens (tertiary/aromatic N) is 2. The SMILES string of the molecule is C#CCn1c(=NC(=O)CCC2CCCCC2)sc2cc(S(N)(=O)=O)ccc21. The fourth-order valence-corrected chi connectivity index (χ4v) is 5.23. The molecule has 1 aliphatic carbocycles. The topological polar surface area (TPSA) is 94.5 Å². The normalized spacial score (nSPS) is 16.5. The maximum absolute atomic E-state index is 12.4. The van der Waals surface area contributed by atoms with Crippen molar-refractivity contribution in [1.29, 1.82) is 0 Å². The first-order valence-electron chi connectivity index (χ1n) is 9.05. The van der Waals surface area contributed by atoms with E-state index in [9.17, 15) is 13.2 Å². The van der Waals surface area contributed by atoms with E-state index >= 15 is 0 Å². The van der Waals surface area contributed by atoms with Gasteiger partial charge in [0, 0.05) is 6.42 Å². The molecule has 1 saturated carbocycles. The summed E-state index contributed by atoms with van der Waals surface area (Å²) in [5, 5.41) is 5.20. The highest BCUT2D eigenvalue weighted by molar-refractivity contribution is 7.89. The first kappa shape index (κ1) is 19.8. The monoisotopic (exact) mass is 405 g/mol. The molecule has 2 N–H and O–H groups in total. The second-order valence-corrected chi connectivity index (χ2v) is 9.47. The zero-order valence-corrected chi connectivity index (χ0v) is 16.7. The molecular formula is C19H23N3O3S2. The molecule has 1 amide bonds. The van der Waals surface area contributed by atoms with Gasteiger partial charge in [0.15, 0.2) is 4.80 Å². The van der Waals surface area contributed by atoms with Crippen LogP contribution in [-0.4, -0.2) is 18.9 Å². The van der Waals surface area contributed by atoms with Crippen molar-refractivity contribution in [2.45, 2.75) is 56.4 Å². The van der Waals surface area contributed by atoms with Crippen molar-refractivity contribution in [2.75, 3.05) is 0 Å². The summed E-state index contributed by atoms with van der Waals surface area (Å²) in [6.45, 7) is 0.253. The van der Waals surface area contributed by atoms with Gasteiger partial charge in [-0.05, 0) is 30.5 Å². The number of thiazole rings is 1. The number of benzene rings is 1. The highest BCUT2D eigenvalue weighted by Gasteiger charge is 2.16. The van der Waals surface area contributed by atoms with E-state index in [2.05, 4.69) is 10.9 Å². The summed E-state index contributed by atoms with van der Waals surface area (Å²) in [7, 11) is -3.79. The molecule has 0 aliphatic heterocycles. The average molecular weight is 406 g/mol. The van der Waals surface area contributed by atoms with Gasteiger partial charge in [0.2, 0.25) is 15.9 Å². The Hall–Kier alpha value is -1.95. The van der Waals surface area contributed by atoms with Crippen LogP contribution >= 0.6 is 11.3 Å². The molecule has 144 valence electrons. The number of hydrogen-bond donors (Lipinski definition) is 1. The van der Waals surface area contributed by atoms with Gasteiger partial charge in [-0.3, -0.25) is 4.79 Å². The van der Waals surface area contributed by atoms with Crippen LogP contribution in [0.4, 0.5) is 0 Å². The quantitative estimate of drug-likeness (QED) is 0.775. The second kappa shape index (κ2) is 8.38. The molecule has 0 saturated heterocycles. The van der Waals surface area contributed by atoms with Crippen molar-refractivity contribution < 1.29 is 13.2 Å². The minimum atomic E-state index is -3.79. The molecule has 0 unspecified atom stereocenters. The highest BCUT2D eigenvalue weighted by Crippen LogP contribution is 2.27. The molecule has 0 spiro atoms. The summed E-state index contributed by atoms with van der Waals surface area (Å²) in [6.07, 6.45) is 13.0. The maximum Gasteiger partial charge on any atom is 0.248 e. The van der Waals surface area contributed by atoms with E-state index in [1.54, 1.807) is 10.6 Å². The Morgan fingerprint density at radius 2 is 2.07 bits per heavy atom. The fourth-order valence-electron chi connectivity index (χ4n) is 3.53. The van der Waals surface area contributed by atoms with E-state index < -0.39 is 10.0 Å². The maximum atomic E-state index is 12.4. The third-order valence-electron chi connectivity index (χ3n) is 4.94. The lowest BCUT2D eigenvalue weighted by molar-refractivity contribution is -0.118. The number of aromatic nitrogens is 1. The van der Waals surface area contributed by atoms with Gasteiger partial charge in [0.1, 0.15) is 0 Å². The Morgan fingerprint density at radius 3 is 2.74 bits per heavy atom. The number of rotatable bonds is 5. The number of hydrogen-bond acceptors (Lipinski definition) is 4. The van der Waals surface area contributed by atoms with E-state index in [0.29, 0.717) is 21.8 Å². The van der Waals surface area contributed by atoms with Gasteiger partial charge >= 0.3 is 0 Å². The van der Waals surface area contributed by atoms with Gasteiger partial charge in [-0.25, -0.2) is 13.6 Å². The predicted octanol–water partition coefficient (Wildman–Crippen LogP) is 2.77. The number of carbonyl (C=O) groups excluding carboxylic acids is 1. The van der Waals surface area contributed by atoms with Gasteiger partial charge in [0.05, 0.1) is 21.7 Å². The molecule has 0 radical (unpaired) electrons. The zero-order chi connectivity index (χ0) is 19.4. The van der Waals surface area contributed by atoms with Crippen LogP contribution in [0.5, 0.6) is 0 Å². The van der Waals surface area contributed by atoms with Crippen molar-refractivity contribution in [3.63, 3.8) is 0 Å². The average Bonchev–Trinajstić information content (AvgIpc) is 2.97. The molecular weight excluding hydrogens is 382 g/mol. The predicted molar refractivity (Wildman–Crippen MR) is 106 cm³/mol. The van der Waals surface area contributed by atoms with E-state index in [1.165, 1.54) is 55.6 Å². The van der Waals surface area contributed by atoms with E-state index in [1.807, 2.05) is 0 Å². The third kappa shape index (κ3) is 4.86. The summed E-state index contributed by atoms with van der Waals surface area (Å²) < 4.78 is 25.6. The zero-order valence-electron chi connectivity index (χ0n) is 15.1. The number of primary sulfonamides is 1. The van der Waals surface area contributed by atoms with Crippen LogP contribution in [0.25, 0.3) is 10.2 Å². The number of nitrogens with two attached hydrogens (primary N) is 1. The van der Waals surface area contributed by atoms with Crippen LogP contribution in [0.3, 0.4) is 0 Å². The third-order valence-corrected chi connectivity index (χ3v) is 6.90. The second-order valence-electron chi connectivity index (χ2n) is 6.90. The molecule has 0 bridgehead atoms. The molecule has 1 fully saturated rings.